The largest absolute Gasteiger partial charge is 0.263 e. The van der Waals surface area contributed by atoms with E-state index < -0.39 is 0 Å². The summed E-state index contributed by atoms with van der Waals surface area (Å²) in [6.07, 6.45) is 5.87. The van der Waals surface area contributed by atoms with Crippen LogP contribution in [0.3, 0.4) is 0 Å². The first kappa shape index (κ1) is 9.17. The Morgan fingerprint density at radius 2 is 2.33 bits per heavy atom. The summed E-state index contributed by atoms with van der Waals surface area (Å²) in [6.45, 7) is 3.88. The molecule has 0 fully saturated rings. The van der Waals surface area contributed by atoms with Gasteiger partial charge in [0.1, 0.15) is 5.83 Å². The van der Waals surface area contributed by atoms with E-state index in [9.17, 15) is 4.39 Å². The van der Waals surface area contributed by atoms with Crippen LogP contribution < -0.4 is 0 Å². The molecule has 2 heteroatoms. The standard InChI is InChI=1S/C10H14FN/c1-3-9-6-4-5-8(2)12-7-10(9)11/h6-7H,3-5H2,1-2H3. The molecule has 0 unspecified atom stereocenters. The van der Waals surface area contributed by atoms with E-state index >= 15 is 0 Å². The lowest BCUT2D eigenvalue weighted by Crippen LogP contribution is -1.93. The zero-order chi connectivity index (χ0) is 8.97. The van der Waals surface area contributed by atoms with Crippen molar-refractivity contribution in [2.45, 2.75) is 33.1 Å². The summed E-state index contributed by atoms with van der Waals surface area (Å²) in [5, 5.41) is 0. The summed E-state index contributed by atoms with van der Waals surface area (Å²) < 4.78 is 13.1. The highest BCUT2D eigenvalue weighted by Gasteiger charge is 2.03. The summed E-state index contributed by atoms with van der Waals surface area (Å²) in [6, 6.07) is 0. The number of aliphatic imine (C=N–C) groups is 1. The molecule has 1 aliphatic rings. The normalized spacial score (nSPS) is 18.8. The van der Waals surface area contributed by atoms with Crippen LogP contribution in [0.25, 0.3) is 0 Å². The van der Waals surface area contributed by atoms with Crippen molar-refractivity contribution in [1.82, 2.24) is 0 Å². The average molecular weight is 167 g/mol. The van der Waals surface area contributed by atoms with E-state index in [4.69, 9.17) is 0 Å². The second-order valence-corrected chi connectivity index (χ2v) is 2.96. The Bertz CT molecular complexity index is 249. The van der Waals surface area contributed by atoms with E-state index in [0.717, 1.165) is 30.5 Å². The molecule has 0 aromatic rings. The third-order valence-electron chi connectivity index (χ3n) is 1.98. The highest BCUT2D eigenvalue weighted by Crippen LogP contribution is 2.18. The van der Waals surface area contributed by atoms with Crippen LogP contribution in [-0.4, -0.2) is 5.71 Å². The van der Waals surface area contributed by atoms with E-state index in [0.29, 0.717) is 0 Å². The number of hydrogen-bond acceptors (Lipinski definition) is 1. The molecule has 0 atom stereocenters. The van der Waals surface area contributed by atoms with E-state index in [2.05, 4.69) is 4.99 Å². The second-order valence-electron chi connectivity index (χ2n) is 2.96. The van der Waals surface area contributed by atoms with Crippen LogP contribution >= 0.6 is 0 Å². The molecule has 0 aromatic heterocycles. The Morgan fingerprint density at radius 3 is 3.00 bits per heavy atom. The first-order valence-corrected chi connectivity index (χ1v) is 4.32. The van der Waals surface area contributed by atoms with E-state index in [-0.39, 0.29) is 5.83 Å². The fourth-order valence-electron chi connectivity index (χ4n) is 1.18. The fourth-order valence-corrected chi connectivity index (χ4v) is 1.18. The van der Waals surface area contributed by atoms with Gasteiger partial charge < -0.3 is 0 Å². The lowest BCUT2D eigenvalue weighted by atomic mass is 10.1. The van der Waals surface area contributed by atoms with Crippen LogP contribution in [0.5, 0.6) is 0 Å². The van der Waals surface area contributed by atoms with Crippen LogP contribution in [0.4, 0.5) is 4.39 Å². The summed E-state index contributed by atoms with van der Waals surface area (Å²) in [5.74, 6) is -0.184. The van der Waals surface area contributed by atoms with Gasteiger partial charge in [-0.05, 0) is 31.8 Å². The van der Waals surface area contributed by atoms with Crippen molar-refractivity contribution in [3.63, 3.8) is 0 Å². The molecule has 0 saturated carbocycles. The highest BCUT2D eigenvalue weighted by molar-refractivity contribution is 5.82. The molecule has 1 heterocycles. The molecule has 66 valence electrons. The van der Waals surface area contributed by atoms with Crippen molar-refractivity contribution >= 4 is 5.71 Å². The smallest absolute Gasteiger partial charge is 0.144 e. The molecule has 1 nitrogen and oxygen atoms in total. The van der Waals surface area contributed by atoms with Gasteiger partial charge in [-0.3, -0.25) is 4.99 Å². The van der Waals surface area contributed by atoms with Gasteiger partial charge in [-0.1, -0.05) is 13.0 Å². The van der Waals surface area contributed by atoms with Gasteiger partial charge in [0.2, 0.25) is 0 Å². The minimum Gasteiger partial charge on any atom is -0.263 e. The molecule has 0 radical (unpaired) electrons. The minimum atomic E-state index is -0.184. The molecular formula is C10H14FN. The molecule has 0 spiro atoms. The van der Waals surface area contributed by atoms with E-state index in [1.807, 2.05) is 19.9 Å². The van der Waals surface area contributed by atoms with Crippen molar-refractivity contribution in [3.8, 4) is 0 Å². The maximum atomic E-state index is 13.1. The monoisotopic (exact) mass is 167 g/mol. The Balaban J connectivity index is 2.86. The molecule has 12 heavy (non-hydrogen) atoms. The molecule has 0 aromatic carbocycles. The van der Waals surface area contributed by atoms with Gasteiger partial charge in [0.05, 0.1) is 6.20 Å². The number of allylic oxidation sites excluding steroid dienone is 3. The molecule has 1 rings (SSSR count). The summed E-state index contributed by atoms with van der Waals surface area (Å²) in [5.41, 5.74) is 1.78. The first-order chi connectivity index (χ1) is 5.74. The maximum absolute atomic E-state index is 13.1. The summed E-state index contributed by atoms with van der Waals surface area (Å²) in [4.78, 5) is 4.00. The van der Waals surface area contributed by atoms with Gasteiger partial charge in [0, 0.05) is 5.71 Å². The van der Waals surface area contributed by atoms with Crippen LogP contribution in [0.2, 0.25) is 0 Å². The predicted octanol–water partition coefficient (Wildman–Crippen LogP) is 3.39. The van der Waals surface area contributed by atoms with Crippen LogP contribution in [0.15, 0.2) is 28.7 Å². The van der Waals surface area contributed by atoms with E-state index in [1.54, 1.807) is 0 Å². The lowest BCUT2D eigenvalue weighted by molar-refractivity contribution is 0.636. The predicted molar refractivity (Wildman–Crippen MR) is 49.9 cm³/mol. The molecule has 0 amide bonds. The van der Waals surface area contributed by atoms with Crippen molar-refractivity contribution in [1.29, 1.82) is 0 Å². The fraction of sp³-hybridized carbons (Fsp3) is 0.500. The van der Waals surface area contributed by atoms with Crippen LogP contribution in [0.1, 0.15) is 33.1 Å². The van der Waals surface area contributed by atoms with Gasteiger partial charge in [0.15, 0.2) is 0 Å². The SMILES string of the molecule is CCC1=CCCC(C)=NC=C1F. The Labute approximate surface area is 72.7 Å². The Hall–Kier alpha value is -0.920. The average Bonchev–Trinajstić information content (AvgIpc) is 2.06. The zero-order valence-electron chi connectivity index (χ0n) is 7.60. The zero-order valence-corrected chi connectivity index (χ0v) is 7.60. The Morgan fingerprint density at radius 1 is 1.58 bits per heavy atom. The third kappa shape index (κ3) is 2.29. The molecule has 0 bridgehead atoms. The van der Waals surface area contributed by atoms with Crippen molar-refractivity contribution in [2.75, 3.05) is 0 Å². The quantitative estimate of drug-likeness (QED) is 0.567. The van der Waals surface area contributed by atoms with Crippen molar-refractivity contribution in [2.24, 2.45) is 4.99 Å². The molecule has 0 N–H and O–H groups in total. The van der Waals surface area contributed by atoms with Gasteiger partial charge in [-0.2, -0.15) is 0 Å². The number of hydrogen-bond donors (Lipinski definition) is 0. The summed E-state index contributed by atoms with van der Waals surface area (Å²) >= 11 is 0. The van der Waals surface area contributed by atoms with E-state index in [1.165, 1.54) is 6.20 Å². The maximum Gasteiger partial charge on any atom is 0.144 e. The van der Waals surface area contributed by atoms with Crippen LogP contribution in [0, 0.1) is 0 Å². The second kappa shape index (κ2) is 4.19. The number of nitrogens with zero attached hydrogens (tertiary/aromatic N) is 1. The molecular weight excluding hydrogens is 153 g/mol. The van der Waals surface area contributed by atoms with Gasteiger partial charge in [0.25, 0.3) is 0 Å². The van der Waals surface area contributed by atoms with Crippen LogP contribution in [-0.2, 0) is 0 Å². The van der Waals surface area contributed by atoms with Crippen molar-refractivity contribution in [3.05, 3.63) is 23.7 Å². The van der Waals surface area contributed by atoms with Gasteiger partial charge in [-0.15, -0.1) is 0 Å². The first-order valence-electron chi connectivity index (χ1n) is 4.32. The molecule has 0 saturated heterocycles. The van der Waals surface area contributed by atoms with Gasteiger partial charge in [-0.25, -0.2) is 4.39 Å². The molecule has 1 aliphatic heterocycles. The number of halogens is 1. The van der Waals surface area contributed by atoms with Gasteiger partial charge >= 0.3 is 0 Å². The molecule has 0 aliphatic carbocycles. The highest BCUT2D eigenvalue weighted by atomic mass is 19.1. The third-order valence-corrected chi connectivity index (χ3v) is 1.98. The lowest BCUT2D eigenvalue weighted by Gasteiger charge is -2.04. The summed E-state index contributed by atoms with van der Waals surface area (Å²) in [7, 11) is 0. The minimum absolute atomic E-state index is 0.184. The number of rotatable bonds is 1. The topological polar surface area (TPSA) is 12.4 Å². The van der Waals surface area contributed by atoms with Crippen molar-refractivity contribution < 1.29 is 4.39 Å². The Kier molecular flexibility index (Phi) is 3.20.